The zero-order valence-corrected chi connectivity index (χ0v) is 16.8. The Kier molecular flexibility index (Phi) is 6.53. The highest BCUT2D eigenvalue weighted by Gasteiger charge is 2.58. The summed E-state index contributed by atoms with van der Waals surface area (Å²) in [7, 11) is 3.38. The number of guanidine groups is 1. The summed E-state index contributed by atoms with van der Waals surface area (Å²) in [5.41, 5.74) is 0.644. The van der Waals surface area contributed by atoms with E-state index in [2.05, 4.69) is 36.4 Å². The Balaban J connectivity index is 2.03. The summed E-state index contributed by atoms with van der Waals surface area (Å²) in [5, 5.41) is 17.2. The van der Waals surface area contributed by atoms with Crippen LogP contribution in [0.4, 0.5) is 0 Å². The number of hydrogen-bond donors (Lipinski definition) is 3. The maximum Gasteiger partial charge on any atom is 0.191 e. The van der Waals surface area contributed by atoms with Crippen LogP contribution in [0.1, 0.15) is 45.8 Å². The summed E-state index contributed by atoms with van der Waals surface area (Å²) >= 11 is 0. The van der Waals surface area contributed by atoms with Gasteiger partial charge in [-0.25, -0.2) is 0 Å². The third kappa shape index (κ3) is 4.13. The number of hydrogen-bond acceptors (Lipinski definition) is 4. The number of aliphatic imine (C=N–C) groups is 1. The molecule has 0 saturated heterocycles. The van der Waals surface area contributed by atoms with Gasteiger partial charge in [-0.1, -0.05) is 26.0 Å². The van der Waals surface area contributed by atoms with Crippen LogP contribution in [-0.4, -0.2) is 50.0 Å². The molecule has 0 aromatic heterocycles. The second-order valence-electron chi connectivity index (χ2n) is 7.57. The van der Waals surface area contributed by atoms with Crippen molar-refractivity contribution in [3.05, 3.63) is 29.8 Å². The van der Waals surface area contributed by atoms with Crippen molar-refractivity contribution < 1.29 is 14.6 Å². The molecule has 1 aliphatic rings. The van der Waals surface area contributed by atoms with E-state index >= 15 is 0 Å². The van der Waals surface area contributed by atoms with Crippen molar-refractivity contribution in [3.63, 3.8) is 0 Å². The maximum absolute atomic E-state index is 10.4. The Hall–Kier alpha value is -1.79. The molecule has 1 saturated carbocycles. The van der Waals surface area contributed by atoms with Gasteiger partial charge in [-0.3, -0.25) is 4.99 Å². The van der Waals surface area contributed by atoms with Crippen molar-refractivity contribution in [2.45, 2.75) is 51.9 Å². The number of rotatable bonds is 7. The van der Waals surface area contributed by atoms with E-state index in [1.807, 2.05) is 31.2 Å². The second-order valence-corrected chi connectivity index (χ2v) is 7.57. The van der Waals surface area contributed by atoms with Crippen LogP contribution in [-0.2, 0) is 4.74 Å². The quantitative estimate of drug-likeness (QED) is 0.513. The Labute approximate surface area is 157 Å². The number of aliphatic hydroxyl groups is 1. The van der Waals surface area contributed by atoms with Gasteiger partial charge in [0.05, 0.1) is 25.4 Å². The van der Waals surface area contributed by atoms with Gasteiger partial charge in [0.15, 0.2) is 5.96 Å². The summed E-state index contributed by atoms with van der Waals surface area (Å²) in [4.78, 5) is 4.57. The van der Waals surface area contributed by atoms with Gasteiger partial charge in [0.1, 0.15) is 5.75 Å². The van der Waals surface area contributed by atoms with E-state index in [4.69, 9.17) is 9.47 Å². The van der Waals surface area contributed by atoms with Crippen molar-refractivity contribution in [1.29, 1.82) is 0 Å². The van der Waals surface area contributed by atoms with Gasteiger partial charge in [0.25, 0.3) is 0 Å². The molecule has 0 heterocycles. The van der Waals surface area contributed by atoms with E-state index in [9.17, 15) is 5.11 Å². The standard InChI is InChI=1S/C20H33N3O3/c1-7-21-18(23-17-12-20(4,26-6)19(17,2)3)22-13-16(24)14-9-8-10-15(11-14)25-5/h8-11,16-17,24H,7,12-13H2,1-6H3,(H2,21,22,23). The molecule has 6 heteroatoms. The van der Waals surface area contributed by atoms with Gasteiger partial charge in [0.2, 0.25) is 0 Å². The molecule has 0 spiro atoms. The van der Waals surface area contributed by atoms with Crippen molar-refractivity contribution in [1.82, 2.24) is 10.6 Å². The van der Waals surface area contributed by atoms with E-state index in [-0.39, 0.29) is 23.6 Å². The number of ether oxygens (including phenoxy) is 2. The average Bonchev–Trinajstić information content (AvgIpc) is 2.65. The number of benzene rings is 1. The van der Waals surface area contributed by atoms with Crippen LogP contribution < -0.4 is 15.4 Å². The monoisotopic (exact) mass is 363 g/mol. The first kappa shape index (κ1) is 20.5. The SMILES string of the molecule is CCNC(=NCC(O)c1cccc(OC)c1)NC1CC(C)(OC)C1(C)C. The second kappa shape index (κ2) is 8.27. The number of methoxy groups -OCH3 is 2. The molecule has 6 nitrogen and oxygen atoms in total. The predicted molar refractivity (Wildman–Crippen MR) is 105 cm³/mol. The van der Waals surface area contributed by atoms with Crippen LogP contribution >= 0.6 is 0 Å². The Morgan fingerprint density at radius 2 is 2.08 bits per heavy atom. The molecular weight excluding hydrogens is 330 g/mol. The molecule has 1 aliphatic carbocycles. The van der Waals surface area contributed by atoms with Crippen molar-refractivity contribution in [2.75, 3.05) is 27.3 Å². The summed E-state index contributed by atoms with van der Waals surface area (Å²) in [5.74, 6) is 1.44. The molecule has 0 amide bonds. The van der Waals surface area contributed by atoms with Crippen LogP contribution in [0.2, 0.25) is 0 Å². The zero-order chi connectivity index (χ0) is 19.4. The summed E-state index contributed by atoms with van der Waals surface area (Å²) < 4.78 is 10.9. The molecule has 1 aromatic carbocycles. The number of nitrogens with one attached hydrogen (secondary N) is 2. The molecule has 3 atom stereocenters. The van der Waals surface area contributed by atoms with Gasteiger partial charge in [-0.05, 0) is 38.0 Å². The largest absolute Gasteiger partial charge is 0.497 e. The molecule has 2 rings (SSSR count). The fourth-order valence-electron chi connectivity index (χ4n) is 3.34. The van der Waals surface area contributed by atoms with Gasteiger partial charge in [-0.2, -0.15) is 0 Å². The molecule has 3 N–H and O–H groups in total. The van der Waals surface area contributed by atoms with Crippen LogP contribution in [0, 0.1) is 5.41 Å². The molecular formula is C20H33N3O3. The van der Waals surface area contributed by atoms with Crippen LogP contribution in [0.15, 0.2) is 29.3 Å². The first-order chi connectivity index (χ1) is 12.3. The maximum atomic E-state index is 10.4. The summed E-state index contributed by atoms with van der Waals surface area (Å²) in [6, 6.07) is 7.70. The molecule has 1 aromatic rings. The molecule has 0 radical (unpaired) electrons. The predicted octanol–water partition coefficient (Wildman–Crippen LogP) is 2.49. The average molecular weight is 364 g/mol. The van der Waals surface area contributed by atoms with Crippen LogP contribution in [0.25, 0.3) is 0 Å². The Bertz CT molecular complexity index is 632. The Morgan fingerprint density at radius 1 is 1.35 bits per heavy atom. The molecule has 0 bridgehead atoms. The van der Waals surface area contributed by atoms with Gasteiger partial charge < -0.3 is 25.2 Å². The van der Waals surface area contributed by atoms with E-state index in [1.54, 1.807) is 14.2 Å². The van der Waals surface area contributed by atoms with Crippen molar-refractivity contribution in [3.8, 4) is 5.75 Å². The van der Waals surface area contributed by atoms with E-state index in [1.165, 1.54) is 0 Å². The van der Waals surface area contributed by atoms with Crippen LogP contribution in [0.5, 0.6) is 5.75 Å². The smallest absolute Gasteiger partial charge is 0.191 e. The third-order valence-corrected chi connectivity index (χ3v) is 5.83. The molecule has 26 heavy (non-hydrogen) atoms. The molecule has 3 unspecified atom stereocenters. The minimum atomic E-state index is -0.681. The first-order valence-corrected chi connectivity index (χ1v) is 9.19. The van der Waals surface area contributed by atoms with E-state index < -0.39 is 6.10 Å². The van der Waals surface area contributed by atoms with Gasteiger partial charge in [-0.15, -0.1) is 0 Å². The Morgan fingerprint density at radius 3 is 2.65 bits per heavy atom. The molecule has 146 valence electrons. The first-order valence-electron chi connectivity index (χ1n) is 9.19. The van der Waals surface area contributed by atoms with Crippen molar-refractivity contribution in [2.24, 2.45) is 10.4 Å². The topological polar surface area (TPSA) is 75.1 Å². The van der Waals surface area contributed by atoms with Gasteiger partial charge in [0, 0.05) is 25.1 Å². The minimum absolute atomic E-state index is 0.0106. The lowest BCUT2D eigenvalue weighted by Gasteiger charge is -2.59. The highest BCUT2D eigenvalue weighted by molar-refractivity contribution is 5.80. The van der Waals surface area contributed by atoms with Crippen molar-refractivity contribution >= 4 is 5.96 Å². The lowest BCUT2D eigenvalue weighted by molar-refractivity contribution is -0.176. The molecule has 0 aliphatic heterocycles. The van der Waals surface area contributed by atoms with Crippen LogP contribution in [0.3, 0.4) is 0 Å². The number of nitrogens with zero attached hydrogens (tertiary/aromatic N) is 1. The number of aliphatic hydroxyl groups excluding tert-OH is 1. The lowest BCUT2D eigenvalue weighted by atomic mass is 9.56. The highest BCUT2D eigenvalue weighted by atomic mass is 16.5. The zero-order valence-electron chi connectivity index (χ0n) is 16.8. The lowest BCUT2D eigenvalue weighted by Crippen LogP contribution is -2.69. The van der Waals surface area contributed by atoms with E-state index in [0.29, 0.717) is 5.96 Å². The fourth-order valence-corrected chi connectivity index (χ4v) is 3.34. The molecule has 1 fully saturated rings. The summed E-state index contributed by atoms with van der Waals surface area (Å²) in [6.45, 7) is 9.61. The normalized spacial score (nSPS) is 26.0. The highest BCUT2D eigenvalue weighted by Crippen LogP contribution is 2.51. The third-order valence-electron chi connectivity index (χ3n) is 5.83. The fraction of sp³-hybridized carbons (Fsp3) is 0.650. The van der Waals surface area contributed by atoms with Gasteiger partial charge >= 0.3 is 0 Å². The minimum Gasteiger partial charge on any atom is -0.497 e. The van der Waals surface area contributed by atoms with E-state index in [0.717, 1.165) is 24.3 Å². The summed E-state index contributed by atoms with van der Waals surface area (Å²) in [6.07, 6.45) is 0.235.